The van der Waals surface area contributed by atoms with Gasteiger partial charge in [0.1, 0.15) is 0 Å². The molecule has 4 heteroatoms. The van der Waals surface area contributed by atoms with Crippen LogP contribution in [0.5, 0.6) is 0 Å². The number of nitrogens with two attached hydrogens (primary N) is 1. The van der Waals surface area contributed by atoms with E-state index in [-0.39, 0.29) is 11.8 Å². The molecule has 4 nitrogen and oxygen atoms in total. The molecule has 1 heterocycles. The number of benzene rings is 1. The van der Waals surface area contributed by atoms with Crippen molar-refractivity contribution in [2.24, 2.45) is 0 Å². The van der Waals surface area contributed by atoms with Gasteiger partial charge in [0.25, 0.3) is 0 Å². The van der Waals surface area contributed by atoms with Gasteiger partial charge in [-0.25, -0.2) is 0 Å². The summed E-state index contributed by atoms with van der Waals surface area (Å²) in [5, 5.41) is 2.86. The van der Waals surface area contributed by atoms with E-state index in [0.717, 1.165) is 22.6 Å². The number of hydrogen-bond donors (Lipinski definition) is 2. The van der Waals surface area contributed by atoms with E-state index in [9.17, 15) is 4.79 Å². The quantitative estimate of drug-likeness (QED) is 0.838. The molecule has 0 radical (unpaired) electrons. The van der Waals surface area contributed by atoms with E-state index in [1.807, 2.05) is 50.2 Å². The van der Waals surface area contributed by atoms with Crippen molar-refractivity contribution < 1.29 is 4.79 Å². The Balaban J connectivity index is 1.93. The number of anilines is 2. The van der Waals surface area contributed by atoms with E-state index in [2.05, 4.69) is 10.3 Å². The predicted molar refractivity (Wildman–Crippen MR) is 81.5 cm³/mol. The summed E-state index contributed by atoms with van der Waals surface area (Å²) >= 11 is 0. The van der Waals surface area contributed by atoms with Crippen LogP contribution in [0.3, 0.4) is 0 Å². The smallest absolute Gasteiger partial charge is 0.225 e. The van der Waals surface area contributed by atoms with Crippen LogP contribution in [0.25, 0.3) is 0 Å². The van der Waals surface area contributed by atoms with Gasteiger partial charge in [0.05, 0.1) is 11.9 Å². The van der Waals surface area contributed by atoms with E-state index in [1.54, 1.807) is 6.20 Å². The molecule has 0 aliphatic carbocycles. The largest absolute Gasteiger partial charge is 0.399 e. The first-order valence-electron chi connectivity index (χ1n) is 6.62. The van der Waals surface area contributed by atoms with E-state index >= 15 is 0 Å². The number of nitrogens with one attached hydrogen (secondary N) is 1. The Bertz CT molecular complexity index is 576. The maximum Gasteiger partial charge on any atom is 0.225 e. The minimum atomic E-state index is -0.0139. The second-order valence-electron chi connectivity index (χ2n) is 5.01. The fourth-order valence-corrected chi connectivity index (χ4v) is 1.97. The molecule has 3 N–H and O–H groups in total. The molecule has 2 rings (SSSR count). The Morgan fingerprint density at radius 2 is 1.95 bits per heavy atom. The van der Waals surface area contributed by atoms with Gasteiger partial charge in [-0.2, -0.15) is 0 Å². The van der Waals surface area contributed by atoms with Gasteiger partial charge in [-0.3, -0.25) is 9.78 Å². The predicted octanol–water partition coefficient (Wildman–Crippen LogP) is 3.10. The van der Waals surface area contributed by atoms with Crippen LogP contribution in [-0.2, 0) is 4.79 Å². The van der Waals surface area contributed by atoms with Crippen molar-refractivity contribution in [3.63, 3.8) is 0 Å². The second kappa shape index (κ2) is 6.19. The number of carbonyl (C=O) groups is 1. The lowest BCUT2D eigenvalue weighted by Gasteiger charge is -2.12. The third-order valence-electron chi connectivity index (χ3n) is 3.19. The van der Waals surface area contributed by atoms with Crippen molar-refractivity contribution >= 4 is 17.3 Å². The number of hydrogen-bond acceptors (Lipinski definition) is 3. The lowest BCUT2D eigenvalue weighted by Crippen LogP contribution is -2.14. The number of aromatic nitrogens is 1. The molecule has 20 heavy (non-hydrogen) atoms. The summed E-state index contributed by atoms with van der Waals surface area (Å²) in [6, 6.07) is 11.4. The third-order valence-corrected chi connectivity index (χ3v) is 3.19. The summed E-state index contributed by atoms with van der Waals surface area (Å²) in [7, 11) is 0. The molecule has 0 saturated carbocycles. The van der Waals surface area contributed by atoms with Crippen molar-refractivity contribution in [2.75, 3.05) is 11.1 Å². The Hall–Kier alpha value is -2.36. The molecule has 0 saturated heterocycles. The highest BCUT2D eigenvalue weighted by molar-refractivity contribution is 5.91. The first-order chi connectivity index (χ1) is 9.54. The normalized spacial score (nSPS) is 11.9. The first-order valence-corrected chi connectivity index (χ1v) is 6.62. The van der Waals surface area contributed by atoms with Crippen molar-refractivity contribution in [2.45, 2.75) is 26.2 Å². The van der Waals surface area contributed by atoms with Gasteiger partial charge < -0.3 is 11.1 Å². The molecule has 1 unspecified atom stereocenters. The molecule has 1 aromatic carbocycles. The van der Waals surface area contributed by atoms with Crippen LogP contribution in [0.1, 0.15) is 30.5 Å². The van der Waals surface area contributed by atoms with Gasteiger partial charge in [-0.15, -0.1) is 0 Å². The summed E-state index contributed by atoms with van der Waals surface area (Å²) < 4.78 is 0. The zero-order chi connectivity index (χ0) is 14.5. The fraction of sp³-hybridized carbons (Fsp3) is 0.250. The van der Waals surface area contributed by atoms with Crippen molar-refractivity contribution in [3.05, 3.63) is 53.9 Å². The number of aryl methyl sites for hydroxylation is 1. The van der Waals surface area contributed by atoms with Crippen LogP contribution in [-0.4, -0.2) is 10.9 Å². The molecule has 1 amide bonds. The minimum absolute atomic E-state index is 0.0139. The van der Waals surface area contributed by atoms with E-state index < -0.39 is 0 Å². The van der Waals surface area contributed by atoms with E-state index in [0.29, 0.717) is 6.42 Å². The van der Waals surface area contributed by atoms with Gasteiger partial charge in [-0.05, 0) is 42.7 Å². The molecule has 104 valence electrons. The lowest BCUT2D eigenvalue weighted by molar-refractivity contribution is -0.116. The highest BCUT2D eigenvalue weighted by Crippen LogP contribution is 2.20. The van der Waals surface area contributed by atoms with Gasteiger partial charge in [0, 0.05) is 17.8 Å². The SMILES string of the molecule is Cc1ccc(NC(=O)CC(C)c2ccc(N)cc2)cn1. The standard InChI is InChI=1S/C16H19N3O/c1-11(13-4-6-14(17)7-5-13)9-16(20)19-15-8-3-12(2)18-10-15/h3-8,10-11H,9,17H2,1-2H3,(H,19,20). The minimum Gasteiger partial charge on any atom is -0.399 e. The summed E-state index contributed by atoms with van der Waals surface area (Å²) in [6.07, 6.45) is 2.10. The van der Waals surface area contributed by atoms with Crippen LogP contribution < -0.4 is 11.1 Å². The second-order valence-corrected chi connectivity index (χ2v) is 5.01. The van der Waals surface area contributed by atoms with Crippen LogP contribution in [0.15, 0.2) is 42.6 Å². The number of nitrogens with zero attached hydrogens (tertiary/aromatic N) is 1. The zero-order valence-corrected chi connectivity index (χ0v) is 11.8. The molecule has 0 fully saturated rings. The highest BCUT2D eigenvalue weighted by Gasteiger charge is 2.11. The topological polar surface area (TPSA) is 68.0 Å². The van der Waals surface area contributed by atoms with Gasteiger partial charge >= 0.3 is 0 Å². The summed E-state index contributed by atoms with van der Waals surface area (Å²) in [5.74, 6) is 0.133. The summed E-state index contributed by atoms with van der Waals surface area (Å²) in [5.41, 5.74) is 9.15. The monoisotopic (exact) mass is 269 g/mol. The van der Waals surface area contributed by atoms with Gasteiger partial charge in [0.15, 0.2) is 0 Å². The number of pyridine rings is 1. The summed E-state index contributed by atoms with van der Waals surface area (Å²) in [4.78, 5) is 16.1. The van der Waals surface area contributed by atoms with Gasteiger partial charge in [-0.1, -0.05) is 19.1 Å². The van der Waals surface area contributed by atoms with Crippen molar-refractivity contribution in [1.29, 1.82) is 0 Å². The number of carbonyl (C=O) groups excluding carboxylic acids is 1. The molecule has 2 aromatic rings. The molecular weight excluding hydrogens is 250 g/mol. The van der Waals surface area contributed by atoms with Crippen LogP contribution in [0.4, 0.5) is 11.4 Å². The first kappa shape index (κ1) is 14.1. The zero-order valence-electron chi connectivity index (χ0n) is 11.8. The highest BCUT2D eigenvalue weighted by atomic mass is 16.1. The molecule has 1 atom stereocenters. The molecule has 0 aliphatic rings. The molecule has 0 aliphatic heterocycles. The average molecular weight is 269 g/mol. The Morgan fingerprint density at radius 3 is 2.55 bits per heavy atom. The summed E-state index contributed by atoms with van der Waals surface area (Å²) in [6.45, 7) is 3.94. The number of amides is 1. The average Bonchev–Trinajstić information content (AvgIpc) is 2.42. The van der Waals surface area contributed by atoms with Crippen molar-refractivity contribution in [3.8, 4) is 0 Å². The number of rotatable bonds is 4. The maximum absolute atomic E-state index is 12.0. The third kappa shape index (κ3) is 3.82. The Morgan fingerprint density at radius 1 is 1.25 bits per heavy atom. The fourth-order valence-electron chi connectivity index (χ4n) is 1.97. The van der Waals surface area contributed by atoms with Crippen LogP contribution >= 0.6 is 0 Å². The Kier molecular flexibility index (Phi) is 4.35. The number of nitrogen functional groups attached to an aromatic ring is 1. The Labute approximate surface area is 119 Å². The van der Waals surface area contributed by atoms with Crippen LogP contribution in [0.2, 0.25) is 0 Å². The van der Waals surface area contributed by atoms with Crippen LogP contribution in [0, 0.1) is 6.92 Å². The van der Waals surface area contributed by atoms with E-state index in [1.165, 1.54) is 0 Å². The molecule has 0 spiro atoms. The van der Waals surface area contributed by atoms with Gasteiger partial charge in [0.2, 0.25) is 5.91 Å². The molecular formula is C16H19N3O. The molecule has 1 aromatic heterocycles. The lowest BCUT2D eigenvalue weighted by atomic mass is 9.97. The van der Waals surface area contributed by atoms with E-state index in [4.69, 9.17) is 5.73 Å². The molecule has 0 bridgehead atoms. The maximum atomic E-state index is 12.0. The van der Waals surface area contributed by atoms with Crippen molar-refractivity contribution in [1.82, 2.24) is 4.98 Å².